The van der Waals surface area contributed by atoms with E-state index in [9.17, 15) is 4.79 Å². The Balaban J connectivity index is 1.79. The third kappa shape index (κ3) is 6.09. The first kappa shape index (κ1) is 20.4. The zero-order valence-corrected chi connectivity index (χ0v) is 16.4. The normalized spacial score (nSPS) is 11.3. The summed E-state index contributed by atoms with van der Waals surface area (Å²) in [5, 5.41) is 13.3. The predicted molar refractivity (Wildman–Crippen MR) is 106 cm³/mol. The molecule has 8 heteroatoms. The summed E-state index contributed by atoms with van der Waals surface area (Å²) in [6.45, 7) is 7.02. The van der Waals surface area contributed by atoms with E-state index < -0.39 is 0 Å². The summed E-state index contributed by atoms with van der Waals surface area (Å²) in [7, 11) is 1.70. The Morgan fingerprint density at radius 1 is 1.22 bits per heavy atom. The van der Waals surface area contributed by atoms with Crippen molar-refractivity contribution in [2.75, 3.05) is 18.9 Å². The molecule has 0 aliphatic carbocycles. The van der Waals surface area contributed by atoms with Crippen molar-refractivity contribution in [3.63, 3.8) is 0 Å². The maximum atomic E-state index is 12.0. The highest BCUT2D eigenvalue weighted by molar-refractivity contribution is 5.90. The number of rotatable bonds is 8. The van der Waals surface area contributed by atoms with E-state index in [4.69, 9.17) is 4.52 Å². The first-order valence-electron chi connectivity index (χ1n) is 9.21. The zero-order valence-electron chi connectivity index (χ0n) is 16.4. The molecule has 2 aromatic heterocycles. The molecule has 0 aliphatic rings. The lowest BCUT2D eigenvalue weighted by Gasteiger charge is -2.12. The lowest BCUT2D eigenvalue weighted by atomic mass is 10.1. The van der Waals surface area contributed by atoms with Crippen molar-refractivity contribution in [3.8, 4) is 0 Å². The molecule has 27 heavy (non-hydrogen) atoms. The van der Waals surface area contributed by atoms with E-state index in [-0.39, 0.29) is 5.91 Å². The van der Waals surface area contributed by atoms with Crippen molar-refractivity contribution in [2.45, 2.75) is 46.6 Å². The Labute approximate surface area is 159 Å². The van der Waals surface area contributed by atoms with E-state index in [2.05, 4.69) is 38.0 Å². The molecule has 0 saturated heterocycles. The van der Waals surface area contributed by atoms with Gasteiger partial charge >= 0.3 is 0 Å². The standard InChI is InChI=1S/C19H28N6O2/c1-5-15-14(16(6-2)27-25-15)12-22-19(20-4)21-11-10-18(26)24-17-9-7-8-13(3)23-17/h7-9H,5-6,10-12H2,1-4H3,(H2,20,21,22)(H,23,24,26). The number of pyridine rings is 1. The first-order chi connectivity index (χ1) is 13.1. The van der Waals surface area contributed by atoms with Crippen molar-refractivity contribution in [1.82, 2.24) is 20.8 Å². The van der Waals surface area contributed by atoms with Crippen LogP contribution in [-0.2, 0) is 24.2 Å². The Morgan fingerprint density at radius 3 is 2.70 bits per heavy atom. The number of carbonyl (C=O) groups is 1. The van der Waals surface area contributed by atoms with Gasteiger partial charge in [-0.05, 0) is 25.5 Å². The number of nitrogens with zero attached hydrogens (tertiary/aromatic N) is 3. The number of guanidine groups is 1. The van der Waals surface area contributed by atoms with E-state index >= 15 is 0 Å². The van der Waals surface area contributed by atoms with Crippen LogP contribution >= 0.6 is 0 Å². The molecule has 0 atom stereocenters. The van der Waals surface area contributed by atoms with Gasteiger partial charge in [0.05, 0.1) is 5.69 Å². The Kier molecular flexibility index (Phi) is 7.79. The van der Waals surface area contributed by atoms with Gasteiger partial charge in [0, 0.05) is 44.2 Å². The van der Waals surface area contributed by atoms with Crippen LogP contribution in [-0.4, -0.2) is 35.6 Å². The third-order valence-electron chi connectivity index (χ3n) is 4.06. The van der Waals surface area contributed by atoms with Gasteiger partial charge in [-0.25, -0.2) is 4.98 Å². The minimum absolute atomic E-state index is 0.100. The number of anilines is 1. The van der Waals surface area contributed by atoms with Crippen LogP contribution in [0, 0.1) is 6.92 Å². The molecule has 2 heterocycles. The number of hydrogen-bond donors (Lipinski definition) is 3. The number of aryl methyl sites for hydroxylation is 3. The monoisotopic (exact) mass is 372 g/mol. The van der Waals surface area contributed by atoms with Gasteiger partial charge in [0.2, 0.25) is 5.91 Å². The quantitative estimate of drug-likeness (QED) is 0.485. The van der Waals surface area contributed by atoms with E-state index in [0.29, 0.717) is 31.3 Å². The lowest BCUT2D eigenvalue weighted by Crippen LogP contribution is -2.38. The molecule has 0 spiro atoms. The number of hydrogen-bond acceptors (Lipinski definition) is 5. The minimum Gasteiger partial charge on any atom is -0.361 e. The molecule has 3 N–H and O–H groups in total. The zero-order chi connectivity index (χ0) is 19.6. The van der Waals surface area contributed by atoms with Crippen LogP contribution in [0.2, 0.25) is 0 Å². The molecule has 2 aromatic rings. The molecule has 0 aliphatic heterocycles. The summed E-state index contributed by atoms with van der Waals surface area (Å²) in [5.41, 5.74) is 2.90. The average molecular weight is 372 g/mol. The van der Waals surface area contributed by atoms with Gasteiger partial charge in [-0.1, -0.05) is 25.1 Å². The number of amides is 1. The number of nitrogens with one attached hydrogen (secondary N) is 3. The summed E-state index contributed by atoms with van der Waals surface area (Å²) in [4.78, 5) is 20.5. The molecule has 8 nitrogen and oxygen atoms in total. The summed E-state index contributed by atoms with van der Waals surface area (Å²) in [5.74, 6) is 1.98. The molecule has 2 rings (SSSR count). The van der Waals surface area contributed by atoms with Gasteiger partial charge in [0.1, 0.15) is 11.6 Å². The lowest BCUT2D eigenvalue weighted by molar-refractivity contribution is -0.116. The highest BCUT2D eigenvalue weighted by Gasteiger charge is 2.13. The van der Waals surface area contributed by atoms with Crippen LogP contribution in [0.15, 0.2) is 27.7 Å². The molecule has 0 aromatic carbocycles. The Bertz CT molecular complexity index is 763. The molecule has 0 radical (unpaired) electrons. The minimum atomic E-state index is -0.100. The highest BCUT2D eigenvalue weighted by atomic mass is 16.5. The van der Waals surface area contributed by atoms with Gasteiger partial charge in [0.15, 0.2) is 5.96 Å². The van der Waals surface area contributed by atoms with Crippen molar-refractivity contribution in [1.29, 1.82) is 0 Å². The Hall–Kier alpha value is -2.90. The second-order valence-electron chi connectivity index (χ2n) is 6.05. The van der Waals surface area contributed by atoms with E-state index in [1.54, 1.807) is 13.1 Å². The molecule has 0 bridgehead atoms. The number of aliphatic imine (C=N–C) groups is 1. The van der Waals surface area contributed by atoms with Crippen LogP contribution < -0.4 is 16.0 Å². The second-order valence-corrected chi connectivity index (χ2v) is 6.05. The van der Waals surface area contributed by atoms with Crippen LogP contribution in [0.25, 0.3) is 0 Å². The molecule has 0 fully saturated rings. The smallest absolute Gasteiger partial charge is 0.227 e. The first-order valence-corrected chi connectivity index (χ1v) is 9.21. The van der Waals surface area contributed by atoms with Gasteiger partial charge in [-0.2, -0.15) is 0 Å². The fourth-order valence-corrected chi connectivity index (χ4v) is 2.64. The molecule has 1 amide bonds. The largest absolute Gasteiger partial charge is 0.361 e. The van der Waals surface area contributed by atoms with Crippen molar-refractivity contribution >= 4 is 17.7 Å². The summed E-state index contributed by atoms with van der Waals surface area (Å²) in [6, 6.07) is 5.52. The van der Waals surface area contributed by atoms with E-state index in [1.165, 1.54) is 0 Å². The van der Waals surface area contributed by atoms with Crippen LogP contribution in [0.4, 0.5) is 5.82 Å². The van der Waals surface area contributed by atoms with Gasteiger partial charge < -0.3 is 20.5 Å². The third-order valence-corrected chi connectivity index (χ3v) is 4.06. The van der Waals surface area contributed by atoms with Gasteiger partial charge in [-0.15, -0.1) is 0 Å². The van der Waals surface area contributed by atoms with Gasteiger partial charge in [0.25, 0.3) is 0 Å². The van der Waals surface area contributed by atoms with Crippen LogP contribution in [0.5, 0.6) is 0 Å². The predicted octanol–water partition coefficient (Wildman–Crippen LogP) is 2.20. The average Bonchev–Trinajstić information content (AvgIpc) is 3.06. The summed E-state index contributed by atoms with van der Waals surface area (Å²) >= 11 is 0. The topological polar surface area (TPSA) is 104 Å². The highest BCUT2D eigenvalue weighted by Crippen LogP contribution is 2.15. The van der Waals surface area contributed by atoms with Gasteiger partial charge in [-0.3, -0.25) is 9.79 Å². The Morgan fingerprint density at radius 2 is 2.04 bits per heavy atom. The molecule has 0 unspecified atom stereocenters. The maximum Gasteiger partial charge on any atom is 0.227 e. The molecule has 0 saturated carbocycles. The second kappa shape index (κ2) is 10.3. The van der Waals surface area contributed by atoms with Crippen LogP contribution in [0.3, 0.4) is 0 Å². The summed E-state index contributed by atoms with van der Waals surface area (Å²) < 4.78 is 5.37. The fourth-order valence-electron chi connectivity index (χ4n) is 2.64. The molecular weight excluding hydrogens is 344 g/mol. The van der Waals surface area contributed by atoms with E-state index in [1.807, 2.05) is 26.0 Å². The SMILES string of the molecule is CCc1noc(CC)c1CNC(=NC)NCCC(=O)Nc1cccc(C)n1. The molecule has 146 valence electrons. The van der Waals surface area contributed by atoms with Crippen molar-refractivity contribution < 1.29 is 9.32 Å². The summed E-state index contributed by atoms with van der Waals surface area (Å²) in [6.07, 6.45) is 1.92. The fraction of sp³-hybridized carbons (Fsp3) is 0.474. The van der Waals surface area contributed by atoms with Crippen molar-refractivity contribution in [3.05, 3.63) is 40.9 Å². The van der Waals surface area contributed by atoms with Crippen LogP contribution in [0.1, 0.15) is 43.0 Å². The maximum absolute atomic E-state index is 12.0. The molecular formula is C19H28N6O2. The van der Waals surface area contributed by atoms with E-state index in [0.717, 1.165) is 35.6 Å². The number of aromatic nitrogens is 2. The number of carbonyl (C=O) groups excluding carboxylic acids is 1. The van der Waals surface area contributed by atoms with Crippen molar-refractivity contribution in [2.24, 2.45) is 4.99 Å².